The molecular weight excluding hydrogens is 260 g/mol. The number of rotatable bonds is 1. The van der Waals surface area contributed by atoms with Crippen LogP contribution in [-0.2, 0) is 4.74 Å². The SMILES string of the molecule is COC(=O)c1cnn2ccc(C)c(Br)c12. The lowest BCUT2D eigenvalue weighted by Gasteiger charge is -2.02. The molecule has 2 aromatic rings. The largest absolute Gasteiger partial charge is 0.465 e. The minimum absolute atomic E-state index is 0.378. The molecule has 0 aliphatic carbocycles. The van der Waals surface area contributed by atoms with Gasteiger partial charge in [-0.1, -0.05) is 0 Å². The van der Waals surface area contributed by atoms with Gasteiger partial charge in [0, 0.05) is 10.7 Å². The zero-order valence-corrected chi connectivity index (χ0v) is 9.91. The molecule has 0 unspecified atom stereocenters. The van der Waals surface area contributed by atoms with Crippen LogP contribution < -0.4 is 0 Å². The van der Waals surface area contributed by atoms with Crippen LogP contribution in [0.2, 0.25) is 0 Å². The quantitative estimate of drug-likeness (QED) is 0.745. The Balaban J connectivity index is 2.77. The Kier molecular flexibility index (Phi) is 2.48. The van der Waals surface area contributed by atoms with Crippen molar-refractivity contribution < 1.29 is 9.53 Å². The second-order valence-corrected chi connectivity index (χ2v) is 3.95. The number of halogens is 1. The Hall–Kier alpha value is -1.36. The standard InChI is InChI=1S/C10H9BrN2O2/c1-6-3-4-13-9(8(6)11)7(5-12-13)10(14)15-2/h3-5H,1-2H3. The van der Waals surface area contributed by atoms with Crippen LogP contribution in [0.4, 0.5) is 0 Å². The van der Waals surface area contributed by atoms with Crippen molar-refractivity contribution >= 4 is 27.4 Å². The highest BCUT2D eigenvalue weighted by atomic mass is 79.9. The molecule has 0 spiro atoms. The summed E-state index contributed by atoms with van der Waals surface area (Å²) >= 11 is 3.44. The van der Waals surface area contributed by atoms with Crippen molar-refractivity contribution in [3.05, 3.63) is 34.1 Å². The van der Waals surface area contributed by atoms with E-state index in [1.54, 1.807) is 4.52 Å². The lowest BCUT2D eigenvalue weighted by atomic mass is 10.2. The zero-order valence-electron chi connectivity index (χ0n) is 8.32. The summed E-state index contributed by atoms with van der Waals surface area (Å²) in [5.41, 5.74) is 2.25. The third kappa shape index (κ3) is 1.52. The van der Waals surface area contributed by atoms with Crippen molar-refractivity contribution in [2.24, 2.45) is 0 Å². The second-order valence-electron chi connectivity index (χ2n) is 3.16. The summed E-state index contributed by atoms with van der Waals surface area (Å²) in [6.45, 7) is 1.96. The van der Waals surface area contributed by atoms with E-state index in [1.807, 2.05) is 19.2 Å². The van der Waals surface area contributed by atoms with E-state index in [9.17, 15) is 4.79 Å². The van der Waals surface area contributed by atoms with E-state index in [4.69, 9.17) is 0 Å². The van der Waals surface area contributed by atoms with Gasteiger partial charge in [0.25, 0.3) is 0 Å². The van der Waals surface area contributed by atoms with E-state index in [0.29, 0.717) is 5.56 Å². The number of pyridine rings is 1. The molecule has 0 N–H and O–H groups in total. The van der Waals surface area contributed by atoms with E-state index in [0.717, 1.165) is 15.6 Å². The molecule has 4 nitrogen and oxygen atoms in total. The van der Waals surface area contributed by atoms with Gasteiger partial charge in [0.05, 0.1) is 18.8 Å². The normalized spacial score (nSPS) is 10.6. The number of aryl methyl sites for hydroxylation is 1. The average Bonchev–Trinajstić information content (AvgIpc) is 2.67. The van der Waals surface area contributed by atoms with Crippen LogP contribution in [0.5, 0.6) is 0 Å². The van der Waals surface area contributed by atoms with Crippen LogP contribution >= 0.6 is 15.9 Å². The lowest BCUT2D eigenvalue weighted by molar-refractivity contribution is 0.0603. The predicted octanol–water partition coefficient (Wildman–Crippen LogP) is 2.19. The number of ether oxygens (including phenoxy) is 1. The first-order chi connectivity index (χ1) is 7.15. The van der Waals surface area contributed by atoms with E-state index >= 15 is 0 Å². The Labute approximate surface area is 95.0 Å². The number of aromatic nitrogens is 2. The first kappa shape index (κ1) is 10.2. The third-order valence-electron chi connectivity index (χ3n) is 2.22. The number of hydrogen-bond acceptors (Lipinski definition) is 3. The fourth-order valence-electron chi connectivity index (χ4n) is 1.40. The first-order valence-corrected chi connectivity index (χ1v) is 5.15. The maximum absolute atomic E-state index is 11.5. The van der Waals surface area contributed by atoms with E-state index < -0.39 is 0 Å². The number of methoxy groups -OCH3 is 1. The molecule has 2 heterocycles. The Morgan fingerprint density at radius 1 is 1.60 bits per heavy atom. The molecule has 0 fully saturated rings. The molecule has 0 atom stereocenters. The van der Waals surface area contributed by atoms with Crippen LogP contribution in [0.15, 0.2) is 22.9 Å². The van der Waals surface area contributed by atoms with Gasteiger partial charge in [-0.25, -0.2) is 9.31 Å². The first-order valence-electron chi connectivity index (χ1n) is 4.36. The molecule has 0 bridgehead atoms. The minimum atomic E-state index is -0.378. The lowest BCUT2D eigenvalue weighted by Crippen LogP contribution is -2.01. The van der Waals surface area contributed by atoms with Gasteiger partial charge in [0.15, 0.2) is 0 Å². The Morgan fingerprint density at radius 2 is 2.33 bits per heavy atom. The van der Waals surface area contributed by atoms with E-state index in [-0.39, 0.29) is 5.97 Å². The van der Waals surface area contributed by atoms with Gasteiger partial charge in [0.2, 0.25) is 0 Å². The van der Waals surface area contributed by atoms with Crippen LogP contribution in [0.3, 0.4) is 0 Å². The number of hydrogen-bond donors (Lipinski definition) is 0. The zero-order chi connectivity index (χ0) is 11.0. The summed E-state index contributed by atoms with van der Waals surface area (Å²) in [7, 11) is 1.36. The molecule has 0 amide bonds. The van der Waals surface area contributed by atoms with Crippen LogP contribution in [0.1, 0.15) is 15.9 Å². The summed E-state index contributed by atoms with van der Waals surface area (Å²) in [4.78, 5) is 11.5. The van der Waals surface area contributed by atoms with Gasteiger partial charge in [-0.2, -0.15) is 5.10 Å². The number of esters is 1. The van der Waals surface area contributed by atoms with Gasteiger partial charge in [0.1, 0.15) is 5.56 Å². The molecule has 0 aromatic carbocycles. The molecule has 0 radical (unpaired) electrons. The summed E-state index contributed by atoms with van der Waals surface area (Å²) in [5.74, 6) is -0.378. The number of fused-ring (bicyclic) bond motifs is 1. The molecule has 2 aromatic heterocycles. The summed E-state index contributed by atoms with van der Waals surface area (Å²) in [5, 5.41) is 4.08. The molecular formula is C10H9BrN2O2. The van der Waals surface area contributed by atoms with Crippen molar-refractivity contribution in [1.82, 2.24) is 9.61 Å². The van der Waals surface area contributed by atoms with Crippen LogP contribution in [0.25, 0.3) is 5.52 Å². The molecule has 0 saturated heterocycles. The van der Waals surface area contributed by atoms with Crippen molar-refractivity contribution in [2.75, 3.05) is 7.11 Å². The second kappa shape index (κ2) is 3.66. The monoisotopic (exact) mass is 268 g/mol. The van der Waals surface area contributed by atoms with E-state index in [1.165, 1.54) is 13.3 Å². The van der Waals surface area contributed by atoms with Crippen molar-refractivity contribution in [2.45, 2.75) is 6.92 Å². The van der Waals surface area contributed by atoms with Crippen molar-refractivity contribution in [3.63, 3.8) is 0 Å². The highest BCUT2D eigenvalue weighted by Crippen LogP contribution is 2.25. The molecule has 78 valence electrons. The van der Waals surface area contributed by atoms with Crippen LogP contribution in [0, 0.1) is 6.92 Å². The fourth-order valence-corrected chi connectivity index (χ4v) is 1.92. The molecule has 0 aliphatic heterocycles. The molecule has 0 aliphatic rings. The molecule has 2 rings (SSSR count). The summed E-state index contributed by atoms with van der Waals surface area (Å²) < 4.78 is 7.19. The van der Waals surface area contributed by atoms with Gasteiger partial charge < -0.3 is 4.74 Å². The maximum Gasteiger partial charge on any atom is 0.341 e. The Morgan fingerprint density at radius 3 is 3.00 bits per heavy atom. The number of carbonyl (C=O) groups excluding carboxylic acids is 1. The van der Waals surface area contributed by atoms with Crippen molar-refractivity contribution in [1.29, 1.82) is 0 Å². The minimum Gasteiger partial charge on any atom is -0.465 e. The highest BCUT2D eigenvalue weighted by molar-refractivity contribution is 9.10. The summed E-state index contributed by atoms with van der Waals surface area (Å²) in [6.07, 6.45) is 3.31. The Bertz CT molecular complexity index is 533. The van der Waals surface area contributed by atoms with Gasteiger partial charge in [-0.05, 0) is 34.5 Å². The van der Waals surface area contributed by atoms with Crippen LogP contribution in [-0.4, -0.2) is 22.7 Å². The highest BCUT2D eigenvalue weighted by Gasteiger charge is 2.16. The number of nitrogens with zero attached hydrogens (tertiary/aromatic N) is 2. The fraction of sp³-hybridized carbons (Fsp3) is 0.200. The van der Waals surface area contributed by atoms with Gasteiger partial charge in [-0.3, -0.25) is 0 Å². The smallest absolute Gasteiger partial charge is 0.341 e. The van der Waals surface area contributed by atoms with Gasteiger partial charge >= 0.3 is 5.97 Å². The summed E-state index contributed by atoms with van der Waals surface area (Å²) in [6, 6.07) is 1.92. The molecule has 5 heteroatoms. The molecule has 15 heavy (non-hydrogen) atoms. The van der Waals surface area contributed by atoms with E-state index in [2.05, 4.69) is 25.8 Å². The predicted molar refractivity (Wildman–Crippen MR) is 59.0 cm³/mol. The average molecular weight is 269 g/mol. The maximum atomic E-state index is 11.5. The van der Waals surface area contributed by atoms with Crippen molar-refractivity contribution in [3.8, 4) is 0 Å². The number of carbonyl (C=O) groups is 1. The topological polar surface area (TPSA) is 43.6 Å². The van der Waals surface area contributed by atoms with Gasteiger partial charge in [-0.15, -0.1) is 0 Å². The third-order valence-corrected chi connectivity index (χ3v) is 3.22. The molecule has 0 saturated carbocycles.